The third kappa shape index (κ3) is 6.19. The average molecular weight is 420 g/mol. The lowest BCUT2D eigenvalue weighted by molar-refractivity contribution is -0.130. The van der Waals surface area contributed by atoms with E-state index in [4.69, 9.17) is 15.2 Å². The minimum absolute atomic E-state index is 0. The van der Waals surface area contributed by atoms with Gasteiger partial charge in [-0.1, -0.05) is 24.3 Å². The molecular formula is C21H26ClN3O4. The molecule has 0 aromatic heterocycles. The van der Waals surface area contributed by atoms with Crippen molar-refractivity contribution < 1.29 is 19.1 Å². The third-order valence-electron chi connectivity index (χ3n) is 4.84. The number of para-hydroxylation sites is 1. The monoisotopic (exact) mass is 419 g/mol. The van der Waals surface area contributed by atoms with Crippen LogP contribution in [0.15, 0.2) is 54.6 Å². The fraction of sp³-hybridized carbons (Fsp3) is 0.333. The SMILES string of the molecule is Cl.NCC1(C(=O)Nc2cccc(OCC(=O)Nc3ccccc3)c2)CCOCC1. The van der Waals surface area contributed by atoms with E-state index < -0.39 is 5.41 Å². The van der Waals surface area contributed by atoms with Crippen molar-refractivity contribution in [2.24, 2.45) is 11.1 Å². The van der Waals surface area contributed by atoms with Gasteiger partial charge in [-0.15, -0.1) is 12.4 Å². The molecule has 1 fully saturated rings. The number of ether oxygens (including phenoxy) is 2. The summed E-state index contributed by atoms with van der Waals surface area (Å²) in [6, 6.07) is 16.1. The third-order valence-corrected chi connectivity index (χ3v) is 4.84. The van der Waals surface area contributed by atoms with E-state index >= 15 is 0 Å². The molecule has 0 radical (unpaired) electrons. The summed E-state index contributed by atoms with van der Waals surface area (Å²) in [5.41, 5.74) is 6.59. The van der Waals surface area contributed by atoms with Gasteiger partial charge < -0.3 is 25.8 Å². The van der Waals surface area contributed by atoms with Gasteiger partial charge in [-0.3, -0.25) is 9.59 Å². The molecular weight excluding hydrogens is 394 g/mol. The number of benzene rings is 2. The highest BCUT2D eigenvalue weighted by atomic mass is 35.5. The number of carbonyl (C=O) groups excluding carboxylic acids is 2. The summed E-state index contributed by atoms with van der Waals surface area (Å²) in [4.78, 5) is 24.8. The lowest BCUT2D eigenvalue weighted by atomic mass is 9.79. The van der Waals surface area contributed by atoms with E-state index in [1.54, 1.807) is 36.4 Å². The molecule has 1 aliphatic heterocycles. The van der Waals surface area contributed by atoms with E-state index in [2.05, 4.69) is 10.6 Å². The molecule has 156 valence electrons. The predicted octanol–water partition coefficient (Wildman–Crippen LogP) is 2.82. The molecule has 29 heavy (non-hydrogen) atoms. The summed E-state index contributed by atoms with van der Waals surface area (Å²) < 4.78 is 10.9. The van der Waals surface area contributed by atoms with E-state index in [1.165, 1.54) is 0 Å². The maximum Gasteiger partial charge on any atom is 0.262 e. The normalized spacial score (nSPS) is 14.9. The van der Waals surface area contributed by atoms with Gasteiger partial charge >= 0.3 is 0 Å². The molecule has 2 aromatic rings. The van der Waals surface area contributed by atoms with Crippen molar-refractivity contribution in [2.45, 2.75) is 12.8 Å². The number of halogens is 1. The Balaban J connectivity index is 0.00000300. The first-order valence-corrected chi connectivity index (χ1v) is 9.28. The first-order valence-electron chi connectivity index (χ1n) is 9.28. The topological polar surface area (TPSA) is 103 Å². The Hall–Kier alpha value is -2.61. The van der Waals surface area contributed by atoms with Crippen molar-refractivity contribution in [3.63, 3.8) is 0 Å². The summed E-state index contributed by atoms with van der Waals surface area (Å²) in [6.45, 7) is 1.21. The Bertz CT molecular complexity index is 811. The van der Waals surface area contributed by atoms with Crippen LogP contribution < -0.4 is 21.1 Å². The van der Waals surface area contributed by atoms with Crippen molar-refractivity contribution >= 4 is 35.6 Å². The molecule has 3 rings (SSSR count). The van der Waals surface area contributed by atoms with Gasteiger partial charge in [0.2, 0.25) is 5.91 Å². The second kappa shape index (κ2) is 10.8. The van der Waals surface area contributed by atoms with Gasteiger partial charge in [0.05, 0.1) is 5.41 Å². The molecule has 2 aromatic carbocycles. The first kappa shape index (κ1) is 22.7. The highest BCUT2D eigenvalue weighted by molar-refractivity contribution is 5.96. The summed E-state index contributed by atoms with van der Waals surface area (Å²) in [6.07, 6.45) is 1.20. The molecule has 1 saturated heterocycles. The van der Waals surface area contributed by atoms with Crippen LogP contribution in [0.1, 0.15) is 12.8 Å². The standard InChI is InChI=1S/C21H25N3O4.ClH/c22-15-21(9-11-27-12-10-21)20(26)24-17-7-4-8-18(13-17)28-14-19(25)23-16-5-2-1-3-6-16;/h1-8,13H,9-12,14-15,22H2,(H,23,25)(H,24,26);1H. The van der Waals surface area contributed by atoms with Crippen LogP contribution in [-0.2, 0) is 14.3 Å². The molecule has 0 spiro atoms. The van der Waals surface area contributed by atoms with Gasteiger partial charge in [0.1, 0.15) is 5.75 Å². The Kier molecular flexibility index (Phi) is 8.45. The molecule has 1 heterocycles. The predicted molar refractivity (Wildman–Crippen MR) is 114 cm³/mol. The van der Waals surface area contributed by atoms with Gasteiger partial charge in [-0.25, -0.2) is 0 Å². The fourth-order valence-electron chi connectivity index (χ4n) is 3.08. The number of rotatable bonds is 7. The lowest BCUT2D eigenvalue weighted by Gasteiger charge is -2.34. The smallest absolute Gasteiger partial charge is 0.262 e. The largest absolute Gasteiger partial charge is 0.484 e. The zero-order chi connectivity index (χ0) is 19.8. The van der Waals surface area contributed by atoms with Crippen molar-refractivity contribution in [2.75, 3.05) is 37.0 Å². The van der Waals surface area contributed by atoms with E-state index in [9.17, 15) is 9.59 Å². The highest BCUT2D eigenvalue weighted by Crippen LogP contribution is 2.31. The molecule has 0 unspecified atom stereocenters. The Morgan fingerprint density at radius 2 is 1.69 bits per heavy atom. The Labute approximate surface area is 176 Å². The van der Waals surface area contributed by atoms with Crippen LogP contribution in [0.5, 0.6) is 5.75 Å². The summed E-state index contributed by atoms with van der Waals surface area (Å²) in [5, 5.41) is 5.67. The molecule has 2 amide bonds. The number of hydrogen-bond donors (Lipinski definition) is 3. The van der Waals surface area contributed by atoms with Crippen LogP contribution in [0.3, 0.4) is 0 Å². The Morgan fingerprint density at radius 1 is 1.00 bits per heavy atom. The van der Waals surface area contributed by atoms with Crippen molar-refractivity contribution in [1.29, 1.82) is 0 Å². The minimum Gasteiger partial charge on any atom is -0.484 e. The van der Waals surface area contributed by atoms with Crippen LogP contribution in [-0.4, -0.2) is 38.2 Å². The second-order valence-electron chi connectivity index (χ2n) is 6.78. The molecule has 1 aliphatic rings. The lowest BCUT2D eigenvalue weighted by Crippen LogP contribution is -2.46. The van der Waals surface area contributed by atoms with E-state index in [0.717, 1.165) is 0 Å². The molecule has 0 aliphatic carbocycles. The quantitative estimate of drug-likeness (QED) is 0.640. The maximum atomic E-state index is 12.7. The van der Waals surface area contributed by atoms with Crippen LogP contribution >= 0.6 is 12.4 Å². The zero-order valence-corrected chi connectivity index (χ0v) is 16.9. The fourth-order valence-corrected chi connectivity index (χ4v) is 3.08. The summed E-state index contributed by atoms with van der Waals surface area (Å²) in [7, 11) is 0. The van der Waals surface area contributed by atoms with E-state index in [0.29, 0.717) is 43.2 Å². The number of nitrogens with one attached hydrogen (secondary N) is 2. The summed E-state index contributed by atoms with van der Waals surface area (Å²) in [5.74, 6) is 0.122. The molecule has 8 heteroatoms. The number of anilines is 2. The van der Waals surface area contributed by atoms with Crippen LogP contribution in [0.2, 0.25) is 0 Å². The molecule has 0 atom stereocenters. The number of hydrogen-bond acceptors (Lipinski definition) is 5. The highest BCUT2D eigenvalue weighted by Gasteiger charge is 2.38. The minimum atomic E-state index is -0.606. The molecule has 7 nitrogen and oxygen atoms in total. The van der Waals surface area contributed by atoms with Gasteiger partial charge in [0.25, 0.3) is 5.91 Å². The van der Waals surface area contributed by atoms with Crippen LogP contribution in [0.25, 0.3) is 0 Å². The second-order valence-corrected chi connectivity index (χ2v) is 6.78. The number of amides is 2. The van der Waals surface area contributed by atoms with E-state index in [-0.39, 0.29) is 37.4 Å². The summed E-state index contributed by atoms with van der Waals surface area (Å²) >= 11 is 0. The van der Waals surface area contributed by atoms with Gasteiger partial charge in [0, 0.05) is 37.2 Å². The van der Waals surface area contributed by atoms with Crippen molar-refractivity contribution in [3.05, 3.63) is 54.6 Å². The first-order chi connectivity index (χ1) is 13.6. The maximum absolute atomic E-state index is 12.7. The van der Waals surface area contributed by atoms with Crippen molar-refractivity contribution in [1.82, 2.24) is 0 Å². The van der Waals surface area contributed by atoms with Crippen molar-refractivity contribution in [3.8, 4) is 5.75 Å². The Morgan fingerprint density at radius 3 is 2.38 bits per heavy atom. The zero-order valence-electron chi connectivity index (χ0n) is 16.1. The van der Waals surface area contributed by atoms with Gasteiger partial charge in [0.15, 0.2) is 6.61 Å². The van der Waals surface area contributed by atoms with Gasteiger partial charge in [-0.05, 0) is 37.1 Å². The van der Waals surface area contributed by atoms with Crippen LogP contribution in [0, 0.1) is 5.41 Å². The van der Waals surface area contributed by atoms with E-state index in [1.807, 2.05) is 18.2 Å². The molecule has 0 bridgehead atoms. The van der Waals surface area contributed by atoms with Crippen LogP contribution in [0.4, 0.5) is 11.4 Å². The molecule has 4 N–H and O–H groups in total. The average Bonchev–Trinajstić information content (AvgIpc) is 2.74. The number of carbonyl (C=O) groups is 2. The molecule has 0 saturated carbocycles. The van der Waals surface area contributed by atoms with Gasteiger partial charge in [-0.2, -0.15) is 0 Å². The number of nitrogens with two attached hydrogens (primary N) is 1.